The Balaban J connectivity index is 1.69. The number of fused-ring (bicyclic) bond motifs is 1. The summed E-state index contributed by atoms with van der Waals surface area (Å²) in [6.07, 6.45) is 11.1. The highest BCUT2D eigenvalue weighted by atomic mass is 16.2. The molecule has 3 heterocycles. The lowest BCUT2D eigenvalue weighted by Crippen LogP contribution is -2.41. The molecule has 0 atom stereocenters. The fourth-order valence-electron chi connectivity index (χ4n) is 3.71. The van der Waals surface area contributed by atoms with Gasteiger partial charge in [-0.1, -0.05) is 31.4 Å². The van der Waals surface area contributed by atoms with Gasteiger partial charge in [0.05, 0.1) is 11.7 Å². The molecule has 5 heteroatoms. The van der Waals surface area contributed by atoms with Gasteiger partial charge in [-0.3, -0.25) is 9.78 Å². The molecule has 1 fully saturated rings. The van der Waals surface area contributed by atoms with Crippen LogP contribution in [0.3, 0.4) is 0 Å². The number of nitrogens with zero attached hydrogens (tertiary/aromatic N) is 4. The summed E-state index contributed by atoms with van der Waals surface area (Å²) >= 11 is 0. The normalized spacial score (nSPS) is 15.4. The van der Waals surface area contributed by atoms with Crippen LogP contribution in [0.25, 0.3) is 5.52 Å². The molecule has 0 aliphatic heterocycles. The first-order valence-electron chi connectivity index (χ1n) is 8.95. The van der Waals surface area contributed by atoms with E-state index >= 15 is 0 Å². The summed E-state index contributed by atoms with van der Waals surface area (Å²) in [5.74, 6) is 0.0463. The largest absolute Gasteiger partial charge is 0.330 e. The number of pyridine rings is 2. The van der Waals surface area contributed by atoms with Crippen LogP contribution in [-0.2, 0) is 6.54 Å². The summed E-state index contributed by atoms with van der Waals surface area (Å²) < 4.78 is 1.74. The zero-order valence-corrected chi connectivity index (χ0v) is 14.2. The molecule has 0 aromatic carbocycles. The van der Waals surface area contributed by atoms with Crippen LogP contribution < -0.4 is 0 Å². The number of carbonyl (C=O) groups is 1. The predicted molar refractivity (Wildman–Crippen MR) is 96.2 cm³/mol. The quantitative estimate of drug-likeness (QED) is 0.731. The van der Waals surface area contributed by atoms with Crippen molar-refractivity contribution in [3.8, 4) is 0 Å². The number of hydrogen-bond acceptors (Lipinski definition) is 3. The molecule has 0 radical (unpaired) electrons. The SMILES string of the molecule is O=C(c1cccc2ccnn12)N(Cc1cccnc1)C1CCCCC1. The molecule has 4 rings (SSSR count). The van der Waals surface area contributed by atoms with E-state index in [4.69, 9.17) is 0 Å². The maximum absolute atomic E-state index is 13.4. The number of carbonyl (C=O) groups excluding carboxylic acids is 1. The van der Waals surface area contributed by atoms with Gasteiger partial charge in [0, 0.05) is 25.0 Å². The van der Waals surface area contributed by atoms with Crippen LogP contribution in [0.4, 0.5) is 0 Å². The Morgan fingerprint density at radius 3 is 2.76 bits per heavy atom. The Morgan fingerprint density at radius 1 is 1.08 bits per heavy atom. The molecular weight excluding hydrogens is 312 g/mol. The molecule has 1 aliphatic carbocycles. The molecule has 3 aromatic heterocycles. The molecule has 0 N–H and O–H groups in total. The highest BCUT2D eigenvalue weighted by molar-refractivity contribution is 5.93. The number of aromatic nitrogens is 3. The van der Waals surface area contributed by atoms with Crippen molar-refractivity contribution in [3.63, 3.8) is 0 Å². The summed E-state index contributed by atoms with van der Waals surface area (Å²) in [6, 6.07) is 11.9. The van der Waals surface area contributed by atoms with Gasteiger partial charge in [0.1, 0.15) is 5.69 Å². The molecule has 1 amide bonds. The summed E-state index contributed by atoms with van der Waals surface area (Å²) in [7, 11) is 0. The van der Waals surface area contributed by atoms with Crippen LogP contribution >= 0.6 is 0 Å². The van der Waals surface area contributed by atoms with Gasteiger partial charge in [-0.15, -0.1) is 0 Å². The van der Waals surface area contributed by atoms with E-state index in [1.54, 1.807) is 16.9 Å². The first kappa shape index (κ1) is 15.8. The van der Waals surface area contributed by atoms with E-state index in [0.717, 1.165) is 23.9 Å². The second-order valence-corrected chi connectivity index (χ2v) is 6.67. The van der Waals surface area contributed by atoms with Crippen molar-refractivity contribution >= 4 is 11.4 Å². The lowest BCUT2D eigenvalue weighted by atomic mass is 9.93. The van der Waals surface area contributed by atoms with Crippen LogP contribution in [0.1, 0.15) is 48.2 Å². The van der Waals surface area contributed by atoms with Crippen LogP contribution in [0.15, 0.2) is 55.0 Å². The molecular formula is C20H22N4O. The fourth-order valence-corrected chi connectivity index (χ4v) is 3.71. The van der Waals surface area contributed by atoms with E-state index in [1.165, 1.54) is 19.3 Å². The lowest BCUT2D eigenvalue weighted by molar-refractivity contribution is 0.0605. The highest BCUT2D eigenvalue weighted by Gasteiger charge is 2.28. The molecule has 25 heavy (non-hydrogen) atoms. The summed E-state index contributed by atoms with van der Waals surface area (Å²) in [5.41, 5.74) is 2.63. The van der Waals surface area contributed by atoms with Crippen molar-refractivity contribution in [2.45, 2.75) is 44.7 Å². The van der Waals surface area contributed by atoms with Gasteiger partial charge in [-0.25, -0.2) is 4.52 Å². The van der Waals surface area contributed by atoms with E-state index in [9.17, 15) is 4.79 Å². The van der Waals surface area contributed by atoms with Gasteiger partial charge in [-0.2, -0.15) is 5.10 Å². The van der Waals surface area contributed by atoms with E-state index in [1.807, 2.05) is 47.5 Å². The average Bonchev–Trinajstić information content (AvgIpc) is 3.16. The Kier molecular flexibility index (Phi) is 4.46. The maximum Gasteiger partial charge on any atom is 0.273 e. The Labute approximate surface area is 147 Å². The van der Waals surface area contributed by atoms with Crippen molar-refractivity contribution in [2.75, 3.05) is 0 Å². The van der Waals surface area contributed by atoms with Gasteiger partial charge in [-0.05, 0) is 42.7 Å². The van der Waals surface area contributed by atoms with Crippen molar-refractivity contribution in [3.05, 3.63) is 66.2 Å². The monoisotopic (exact) mass is 334 g/mol. The second-order valence-electron chi connectivity index (χ2n) is 6.67. The molecule has 0 unspecified atom stereocenters. The summed E-state index contributed by atoms with van der Waals surface area (Å²) in [6.45, 7) is 0.592. The number of rotatable bonds is 4. The highest BCUT2D eigenvalue weighted by Crippen LogP contribution is 2.25. The van der Waals surface area contributed by atoms with E-state index in [0.29, 0.717) is 12.2 Å². The zero-order chi connectivity index (χ0) is 17.1. The van der Waals surface area contributed by atoms with Gasteiger partial charge < -0.3 is 4.90 Å². The van der Waals surface area contributed by atoms with E-state index in [2.05, 4.69) is 10.1 Å². The molecule has 0 saturated heterocycles. The number of hydrogen-bond donors (Lipinski definition) is 0. The Bertz CT molecular complexity index is 852. The van der Waals surface area contributed by atoms with Gasteiger partial charge in [0.15, 0.2) is 0 Å². The van der Waals surface area contributed by atoms with E-state index in [-0.39, 0.29) is 11.9 Å². The first-order chi connectivity index (χ1) is 12.3. The molecule has 1 saturated carbocycles. The number of amides is 1. The first-order valence-corrected chi connectivity index (χ1v) is 8.95. The standard InChI is InChI=1S/C20H22N4O/c25-20(19-10-4-9-18-11-13-22-24(18)19)23(17-7-2-1-3-8-17)15-16-6-5-12-21-14-16/h4-6,9-14,17H,1-3,7-8,15H2. The predicted octanol–water partition coefficient (Wildman–Crippen LogP) is 3.70. The van der Waals surface area contributed by atoms with Gasteiger partial charge >= 0.3 is 0 Å². The molecule has 1 aliphatic rings. The third-order valence-corrected chi connectivity index (χ3v) is 4.99. The van der Waals surface area contributed by atoms with Crippen molar-refractivity contribution < 1.29 is 4.79 Å². The summed E-state index contributed by atoms with van der Waals surface area (Å²) in [5, 5.41) is 4.33. The van der Waals surface area contributed by atoms with Crippen molar-refractivity contribution in [1.82, 2.24) is 19.5 Å². The van der Waals surface area contributed by atoms with Gasteiger partial charge in [0.2, 0.25) is 0 Å². The van der Waals surface area contributed by atoms with Gasteiger partial charge in [0.25, 0.3) is 5.91 Å². The molecule has 0 bridgehead atoms. The lowest BCUT2D eigenvalue weighted by Gasteiger charge is -2.34. The second kappa shape index (κ2) is 7.05. The molecule has 128 valence electrons. The molecule has 5 nitrogen and oxygen atoms in total. The maximum atomic E-state index is 13.4. The topological polar surface area (TPSA) is 50.5 Å². The minimum Gasteiger partial charge on any atom is -0.330 e. The molecule has 3 aromatic rings. The summed E-state index contributed by atoms with van der Waals surface area (Å²) in [4.78, 5) is 19.6. The van der Waals surface area contributed by atoms with Crippen LogP contribution in [-0.4, -0.2) is 31.4 Å². The van der Waals surface area contributed by atoms with Crippen LogP contribution in [0, 0.1) is 0 Å². The third-order valence-electron chi connectivity index (χ3n) is 4.99. The molecule has 0 spiro atoms. The third kappa shape index (κ3) is 3.27. The van der Waals surface area contributed by atoms with E-state index < -0.39 is 0 Å². The van der Waals surface area contributed by atoms with Crippen molar-refractivity contribution in [1.29, 1.82) is 0 Å². The Hall–Kier alpha value is -2.69. The zero-order valence-electron chi connectivity index (χ0n) is 14.2. The Morgan fingerprint density at radius 2 is 1.96 bits per heavy atom. The fraction of sp³-hybridized carbons (Fsp3) is 0.350. The minimum absolute atomic E-state index is 0.0463. The minimum atomic E-state index is 0.0463. The smallest absolute Gasteiger partial charge is 0.273 e. The average molecular weight is 334 g/mol. The van der Waals surface area contributed by atoms with Crippen molar-refractivity contribution in [2.24, 2.45) is 0 Å². The van der Waals surface area contributed by atoms with Crippen LogP contribution in [0.5, 0.6) is 0 Å². The van der Waals surface area contributed by atoms with Crippen LogP contribution in [0.2, 0.25) is 0 Å².